The number of carbonyl (C=O) groups is 1. The Morgan fingerprint density at radius 2 is 1.43 bits per heavy atom. The summed E-state index contributed by atoms with van der Waals surface area (Å²) in [6, 6.07) is 19.6. The standard InChI is InChI=1S/C18H14N2O/c21-18-16(13-15-9-5-2-6-10-15)19-17(20-18)12-11-14-7-3-1-4-8-14/h1-13H,(H,19,20,21)/b12-11+,16-13-. The van der Waals surface area contributed by atoms with Crippen LogP contribution in [-0.2, 0) is 4.79 Å². The molecular formula is C18H14N2O. The summed E-state index contributed by atoms with van der Waals surface area (Å²) in [6.45, 7) is 0. The van der Waals surface area contributed by atoms with Crippen LogP contribution in [0.2, 0.25) is 0 Å². The molecule has 0 spiro atoms. The molecule has 0 aliphatic carbocycles. The van der Waals surface area contributed by atoms with Gasteiger partial charge in [-0.2, -0.15) is 0 Å². The van der Waals surface area contributed by atoms with E-state index in [1.165, 1.54) is 0 Å². The van der Waals surface area contributed by atoms with Crippen LogP contribution < -0.4 is 5.32 Å². The number of nitrogens with one attached hydrogen (secondary N) is 1. The molecule has 0 bridgehead atoms. The molecule has 2 aromatic rings. The van der Waals surface area contributed by atoms with Crippen molar-refractivity contribution in [1.82, 2.24) is 5.32 Å². The Kier molecular flexibility index (Phi) is 3.74. The molecular weight excluding hydrogens is 260 g/mol. The fourth-order valence-corrected chi connectivity index (χ4v) is 2.01. The first-order chi connectivity index (χ1) is 10.3. The molecule has 102 valence electrons. The molecule has 0 fully saturated rings. The molecule has 21 heavy (non-hydrogen) atoms. The van der Waals surface area contributed by atoms with Crippen molar-refractivity contribution in [3.8, 4) is 0 Å². The van der Waals surface area contributed by atoms with E-state index in [9.17, 15) is 4.79 Å². The van der Waals surface area contributed by atoms with Gasteiger partial charge in [0.15, 0.2) is 0 Å². The zero-order valence-electron chi connectivity index (χ0n) is 11.4. The minimum atomic E-state index is -0.174. The van der Waals surface area contributed by atoms with Crippen LogP contribution in [0.4, 0.5) is 0 Å². The number of amides is 1. The van der Waals surface area contributed by atoms with E-state index in [2.05, 4.69) is 10.3 Å². The predicted octanol–water partition coefficient (Wildman–Crippen LogP) is 3.27. The SMILES string of the molecule is O=C1NC(/C=C/c2ccccc2)=NC/1=C\c1ccccc1. The van der Waals surface area contributed by atoms with E-state index >= 15 is 0 Å². The molecule has 0 saturated heterocycles. The molecule has 0 saturated carbocycles. The van der Waals surface area contributed by atoms with E-state index in [-0.39, 0.29) is 5.91 Å². The molecule has 0 atom stereocenters. The predicted molar refractivity (Wildman–Crippen MR) is 85.5 cm³/mol. The van der Waals surface area contributed by atoms with Gasteiger partial charge in [0.05, 0.1) is 0 Å². The summed E-state index contributed by atoms with van der Waals surface area (Å²) in [5.41, 5.74) is 2.45. The zero-order chi connectivity index (χ0) is 14.5. The number of hydrogen-bond acceptors (Lipinski definition) is 2. The van der Waals surface area contributed by atoms with E-state index in [1.54, 1.807) is 12.2 Å². The molecule has 1 aliphatic heterocycles. The van der Waals surface area contributed by atoms with Crippen molar-refractivity contribution in [2.24, 2.45) is 4.99 Å². The molecule has 0 unspecified atom stereocenters. The molecule has 0 radical (unpaired) electrons. The van der Waals surface area contributed by atoms with E-state index < -0.39 is 0 Å². The lowest BCUT2D eigenvalue weighted by molar-refractivity contribution is -0.115. The van der Waals surface area contributed by atoms with Crippen molar-refractivity contribution in [1.29, 1.82) is 0 Å². The Morgan fingerprint density at radius 3 is 2.10 bits per heavy atom. The molecule has 3 heteroatoms. The summed E-state index contributed by atoms with van der Waals surface area (Å²) in [4.78, 5) is 16.2. The molecule has 2 aromatic carbocycles. The third kappa shape index (κ3) is 3.34. The fourth-order valence-electron chi connectivity index (χ4n) is 2.01. The largest absolute Gasteiger partial charge is 0.305 e. The van der Waals surface area contributed by atoms with Crippen LogP contribution in [0.5, 0.6) is 0 Å². The van der Waals surface area contributed by atoms with Crippen molar-refractivity contribution in [3.63, 3.8) is 0 Å². The van der Waals surface area contributed by atoms with Gasteiger partial charge in [0.2, 0.25) is 0 Å². The maximum atomic E-state index is 11.9. The monoisotopic (exact) mass is 274 g/mol. The lowest BCUT2D eigenvalue weighted by atomic mass is 10.2. The van der Waals surface area contributed by atoms with Gasteiger partial charge in [0.25, 0.3) is 5.91 Å². The maximum absolute atomic E-state index is 11.9. The molecule has 1 heterocycles. The first kappa shape index (κ1) is 13.1. The Labute approximate surface area is 123 Å². The molecule has 3 rings (SSSR count). The molecule has 0 aromatic heterocycles. The second kappa shape index (κ2) is 6.01. The minimum Gasteiger partial charge on any atom is -0.305 e. The normalized spacial score (nSPS) is 16.3. The van der Waals surface area contributed by atoms with Gasteiger partial charge in [-0.3, -0.25) is 4.79 Å². The van der Waals surface area contributed by atoms with Crippen molar-refractivity contribution < 1.29 is 4.79 Å². The Bertz CT molecular complexity index is 728. The Balaban J connectivity index is 1.80. The van der Waals surface area contributed by atoms with Crippen LogP contribution >= 0.6 is 0 Å². The first-order valence-electron chi connectivity index (χ1n) is 6.71. The van der Waals surface area contributed by atoms with Gasteiger partial charge in [-0.25, -0.2) is 4.99 Å². The van der Waals surface area contributed by atoms with Crippen molar-refractivity contribution in [3.05, 3.63) is 83.6 Å². The smallest absolute Gasteiger partial charge is 0.275 e. The lowest BCUT2D eigenvalue weighted by Crippen LogP contribution is -2.22. The van der Waals surface area contributed by atoms with E-state index in [0.717, 1.165) is 11.1 Å². The van der Waals surface area contributed by atoms with Gasteiger partial charge in [-0.1, -0.05) is 66.7 Å². The third-order valence-electron chi connectivity index (χ3n) is 3.05. The quantitative estimate of drug-likeness (QED) is 0.857. The summed E-state index contributed by atoms with van der Waals surface area (Å²) in [5.74, 6) is 0.387. The summed E-state index contributed by atoms with van der Waals surface area (Å²) < 4.78 is 0. The number of amidine groups is 1. The van der Waals surface area contributed by atoms with E-state index in [4.69, 9.17) is 0 Å². The highest BCUT2D eigenvalue weighted by Crippen LogP contribution is 2.12. The number of benzene rings is 2. The zero-order valence-corrected chi connectivity index (χ0v) is 11.4. The highest BCUT2D eigenvalue weighted by Gasteiger charge is 2.17. The van der Waals surface area contributed by atoms with Crippen molar-refractivity contribution in [2.75, 3.05) is 0 Å². The van der Waals surface area contributed by atoms with E-state index in [1.807, 2.05) is 66.7 Å². The van der Waals surface area contributed by atoms with Gasteiger partial charge in [-0.15, -0.1) is 0 Å². The number of hydrogen-bond donors (Lipinski definition) is 1. The van der Waals surface area contributed by atoms with Crippen LogP contribution in [0.15, 0.2) is 77.4 Å². The number of nitrogens with zero attached hydrogens (tertiary/aromatic N) is 1. The van der Waals surface area contributed by atoms with Crippen LogP contribution in [0.3, 0.4) is 0 Å². The molecule has 1 aliphatic rings. The maximum Gasteiger partial charge on any atom is 0.275 e. The Morgan fingerprint density at radius 1 is 0.810 bits per heavy atom. The van der Waals surface area contributed by atoms with Crippen molar-refractivity contribution in [2.45, 2.75) is 0 Å². The average molecular weight is 274 g/mol. The second-order valence-corrected chi connectivity index (χ2v) is 4.64. The van der Waals surface area contributed by atoms with Gasteiger partial charge in [0, 0.05) is 0 Å². The fraction of sp³-hybridized carbons (Fsp3) is 0. The lowest BCUT2D eigenvalue weighted by Gasteiger charge is -1.93. The van der Waals surface area contributed by atoms with Crippen molar-refractivity contribution >= 4 is 23.9 Å². The average Bonchev–Trinajstić information content (AvgIpc) is 2.87. The number of rotatable bonds is 3. The highest BCUT2D eigenvalue weighted by atomic mass is 16.2. The first-order valence-corrected chi connectivity index (χ1v) is 6.71. The van der Waals surface area contributed by atoms with Gasteiger partial charge >= 0.3 is 0 Å². The topological polar surface area (TPSA) is 41.5 Å². The summed E-state index contributed by atoms with van der Waals surface area (Å²) in [6.07, 6.45) is 5.50. The van der Waals surface area contributed by atoms with E-state index in [0.29, 0.717) is 11.5 Å². The van der Waals surface area contributed by atoms with Crippen LogP contribution in [0, 0.1) is 0 Å². The van der Waals surface area contributed by atoms with Crippen LogP contribution in [0.1, 0.15) is 11.1 Å². The van der Waals surface area contributed by atoms with Gasteiger partial charge in [-0.05, 0) is 23.3 Å². The third-order valence-corrected chi connectivity index (χ3v) is 3.05. The minimum absolute atomic E-state index is 0.174. The van der Waals surface area contributed by atoms with Crippen LogP contribution in [0.25, 0.3) is 12.2 Å². The molecule has 3 nitrogen and oxygen atoms in total. The number of carbonyl (C=O) groups excluding carboxylic acids is 1. The summed E-state index contributed by atoms with van der Waals surface area (Å²) >= 11 is 0. The van der Waals surface area contributed by atoms with Crippen LogP contribution in [-0.4, -0.2) is 11.7 Å². The Hall–Kier alpha value is -2.94. The summed E-state index contributed by atoms with van der Waals surface area (Å²) in [7, 11) is 0. The summed E-state index contributed by atoms with van der Waals surface area (Å²) in [5, 5.41) is 2.75. The number of aliphatic imine (C=N–C) groups is 1. The highest BCUT2D eigenvalue weighted by molar-refractivity contribution is 6.18. The molecule has 1 amide bonds. The van der Waals surface area contributed by atoms with Gasteiger partial charge < -0.3 is 5.32 Å². The molecule has 1 N–H and O–H groups in total. The van der Waals surface area contributed by atoms with Gasteiger partial charge in [0.1, 0.15) is 11.5 Å². The second-order valence-electron chi connectivity index (χ2n) is 4.64.